The van der Waals surface area contributed by atoms with E-state index in [4.69, 9.17) is 0 Å². The van der Waals surface area contributed by atoms with Crippen LogP contribution in [0.4, 0.5) is 0 Å². The van der Waals surface area contributed by atoms with E-state index in [1.165, 1.54) is 21.3 Å². The number of rotatable bonds is 2. The zero-order chi connectivity index (χ0) is 13.5. The standard InChI is InChI=1S/C16H13N3S/c1-2-19-6-5-11-13-9-17-10-18-14(13)8-12(16(11)19)15-4-3-7-20-15/h3-10H,2H2,1H3. The van der Waals surface area contributed by atoms with Crippen LogP contribution in [0.3, 0.4) is 0 Å². The van der Waals surface area contributed by atoms with Crippen molar-refractivity contribution >= 4 is 33.1 Å². The molecule has 0 unspecified atom stereocenters. The van der Waals surface area contributed by atoms with Gasteiger partial charge in [0.1, 0.15) is 6.33 Å². The first-order chi connectivity index (χ1) is 9.88. The van der Waals surface area contributed by atoms with Crippen LogP contribution in [0, 0.1) is 0 Å². The molecule has 0 aliphatic heterocycles. The third-order valence-corrected chi connectivity index (χ3v) is 4.56. The minimum Gasteiger partial charge on any atom is -0.347 e. The first kappa shape index (κ1) is 11.6. The van der Waals surface area contributed by atoms with Gasteiger partial charge in [0.25, 0.3) is 0 Å². The van der Waals surface area contributed by atoms with Crippen molar-refractivity contribution in [3.05, 3.63) is 48.4 Å². The molecule has 0 amide bonds. The molecule has 0 atom stereocenters. The first-order valence-electron chi connectivity index (χ1n) is 6.64. The topological polar surface area (TPSA) is 30.7 Å². The van der Waals surface area contributed by atoms with Crippen LogP contribution in [0.5, 0.6) is 0 Å². The van der Waals surface area contributed by atoms with Crippen LogP contribution in [-0.2, 0) is 6.54 Å². The minimum atomic E-state index is 0.959. The third-order valence-electron chi connectivity index (χ3n) is 3.66. The maximum Gasteiger partial charge on any atom is 0.116 e. The summed E-state index contributed by atoms with van der Waals surface area (Å²) in [5, 5.41) is 4.47. The normalized spacial score (nSPS) is 11.4. The van der Waals surface area contributed by atoms with Crippen LogP contribution >= 0.6 is 11.3 Å². The lowest BCUT2D eigenvalue weighted by molar-refractivity contribution is 0.798. The molecule has 3 aromatic heterocycles. The second-order valence-electron chi connectivity index (χ2n) is 4.72. The molecule has 3 heterocycles. The lowest BCUT2D eigenvalue weighted by Gasteiger charge is -2.09. The van der Waals surface area contributed by atoms with E-state index in [1.807, 2.05) is 6.20 Å². The molecule has 0 radical (unpaired) electrons. The number of aromatic nitrogens is 3. The Balaban J connectivity index is 2.21. The molecule has 98 valence electrons. The van der Waals surface area contributed by atoms with Gasteiger partial charge in [0.15, 0.2) is 0 Å². The molecule has 4 rings (SSSR count). The smallest absolute Gasteiger partial charge is 0.116 e. The van der Waals surface area contributed by atoms with Crippen molar-refractivity contribution in [3.63, 3.8) is 0 Å². The van der Waals surface area contributed by atoms with Crippen LogP contribution in [-0.4, -0.2) is 14.5 Å². The molecular weight excluding hydrogens is 266 g/mol. The molecule has 0 aliphatic rings. The van der Waals surface area contributed by atoms with E-state index >= 15 is 0 Å². The Bertz CT molecular complexity index is 891. The maximum absolute atomic E-state index is 4.42. The molecular formula is C16H13N3S. The van der Waals surface area contributed by atoms with E-state index in [-0.39, 0.29) is 0 Å². The summed E-state index contributed by atoms with van der Waals surface area (Å²) >= 11 is 1.77. The van der Waals surface area contributed by atoms with Gasteiger partial charge in [-0.25, -0.2) is 9.97 Å². The zero-order valence-corrected chi connectivity index (χ0v) is 11.9. The van der Waals surface area contributed by atoms with Crippen molar-refractivity contribution in [2.45, 2.75) is 13.5 Å². The molecule has 0 fully saturated rings. The van der Waals surface area contributed by atoms with Gasteiger partial charge in [-0.2, -0.15) is 0 Å². The van der Waals surface area contributed by atoms with E-state index in [0.717, 1.165) is 17.4 Å². The van der Waals surface area contributed by atoms with Crippen molar-refractivity contribution in [1.82, 2.24) is 14.5 Å². The monoisotopic (exact) mass is 279 g/mol. The second kappa shape index (κ2) is 4.42. The summed E-state index contributed by atoms with van der Waals surface area (Å²) < 4.78 is 2.29. The van der Waals surface area contributed by atoms with Gasteiger partial charge in [0.2, 0.25) is 0 Å². The van der Waals surface area contributed by atoms with E-state index < -0.39 is 0 Å². The Morgan fingerprint density at radius 2 is 2.20 bits per heavy atom. The number of nitrogens with zero attached hydrogens (tertiary/aromatic N) is 3. The Hall–Kier alpha value is -2.20. The highest BCUT2D eigenvalue weighted by Gasteiger charge is 2.13. The van der Waals surface area contributed by atoms with Gasteiger partial charge in [-0.05, 0) is 30.5 Å². The van der Waals surface area contributed by atoms with Crippen molar-refractivity contribution < 1.29 is 0 Å². The Labute approximate surface area is 120 Å². The lowest BCUT2D eigenvalue weighted by atomic mass is 10.1. The maximum atomic E-state index is 4.42. The summed E-state index contributed by atoms with van der Waals surface area (Å²) in [6, 6.07) is 8.60. The summed E-state index contributed by atoms with van der Waals surface area (Å²) in [6.07, 6.45) is 5.67. The number of aryl methyl sites for hydroxylation is 1. The highest BCUT2D eigenvalue weighted by Crippen LogP contribution is 2.36. The molecule has 4 heteroatoms. The third kappa shape index (κ3) is 1.58. The number of hydrogen-bond acceptors (Lipinski definition) is 3. The van der Waals surface area contributed by atoms with Gasteiger partial charge in [0.05, 0.1) is 11.0 Å². The molecule has 0 bridgehead atoms. The first-order valence-corrected chi connectivity index (χ1v) is 7.52. The predicted molar refractivity (Wildman–Crippen MR) is 84.0 cm³/mol. The van der Waals surface area contributed by atoms with Gasteiger partial charge >= 0.3 is 0 Å². The number of thiophene rings is 1. The molecule has 1 aromatic carbocycles. The van der Waals surface area contributed by atoms with Crippen LogP contribution in [0.2, 0.25) is 0 Å². The minimum absolute atomic E-state index is 0.959. The molecule has 4 aromatic rings. The fourth-order valence-corrected chi connectivity index (χ4v) is 3.48. The van der Waals surface area contributed by atoms with Gasteiger partial charge in [-0.3, -0.25) is 0 Å². The summed E-state index contributed by atoms with van der Waals surface area (Å²) in [6.45, 7) is 3.13. The molecule has 3 nitrogen and oxygen atoms in total. The largest absolute Gasteiger partial charge is 0.347 e. The van der Waals surface area contributed by atoms with Crippen molar-refractivity contribution in [3.8, 4) is 10.4 Å². The molecule has 0 saturated carbocycles. The van der Waals surface area contributed by atoms with E-state index in [0.29, 0.717) is 0 Å². The molecule has 0 N–H and O–H groups in total. The summed E-state index contributed by atoms with van der Waals surface area (Å²) in [7, 11) is 0. The molecule has 0 saturated heterocycles. The van der Waals surface area contributed by atoms with Crippen molar-refractivity contribution in [2.24, 2.45) is 0 Å². The summed E-state index contributed by atoms with van der Waals surface area (Å²) in [4.78, 5) is 9.88. The molecule has 0 spiro atoms. The Kier molecular flexibility index (Phi) is 2.57. The Morgan fingerprint density at radius 3 is 3.00 bits per heavy atom. The molecule has 20 heavy (non-hydrogen) atoms. The fraction of sp³-hybridized carbons (Fsp3) is 0.125. The van der Waals surface area contributed by atoms with Gasteiger partial charge in [-0.1, -0.05) is 6.07 Å². The predicted octanol–water partition coefficient (Wildman–Crippen LogP) is 4.33. The quantitative estimate of drug-likeness (QED) is 0.546. The van der Waals surface area contributed by atoms with Gasteiger partial charge in [0, 0.05) is 40.2 Å². The number of hydrogen-bond donors (Lipinski definition) is 0. The lowest BCUT2D eigenvalue weighted by Crippen LogP contribution is -1.94. The van der Waals surface area contributed by atoms with Gasteiger partial charge in [-0.15, -0.1) is 11.3 Å². The summed E-state index contributed by atoms with van der Waals surface area (Å²) in [5.41, 5.74) is 3.54. The van der Waals surface area contributed by atoms with Crippen LogP contribution in [0.1, 0.15) is 6.92 Å². The van der Waals surface area contributed by atoms with Crippen LogP contribution in [0.15, 0.2) is 48.4 Å². The van der Waals surface area contributed by atoms with E-state index in [1.54, 1.807) is 17.7 Å². The summed E-state index contributed by atoms with van der Waals surface area (Å²) in [5.74, 6) is 0. The average Bonchev–Trinajstić information content (AvgIpc) is 3.16. The van der Waals surface area contributed by atoms with E-state index in [9.17, 15) is 0 Å². The average molecular weight is 279 g/mol. The SMILES string of the molecule is CCn1ccc2c3cncnc3cc(-c3cccs3)c21. The highest BCUT2D eigenvalue weighted by atomic mass is 32.1. The highest BCUT2D eigenvalue weighted by molar-refractivity contribution is 7.13. The van der Waals surface area contributed by atoms with Crippen LogP contribution < -0.4 is 0 Å². The van der Waals surface area contributed by atoms with E-state index in [2.05, 4.69) is 57.3 Å². The Morgan fingerprint density at radius 1 is 1.25 bits per heavy atom. The number of benzene rings is 1. The van der Waals surface area contributed by atoms with Crippen LogP contribution in [0.25, 0.3) is 32.2 Å². The van der Waals surface area contributed by atoms with Crippen molar-refractivity contribution in [2.75, 3.05) is 0 Å². The fourth-order valence-electron chi connectivity index (χ4n) is 2.74. The number of fused-ring (bicyclic) bond motifs is 3. The van der Waals surface area contributed by atoms with Crippen molar-refractivity contribution in [1.29, 1.82) is 0 Å². The second-order valence-corrected chi connectivity index (χ2v) is 5.67. The van der Waals surface area contributed by atoms with Gasteiger partial charge < -0.3 is 4.57 Å². The zero-order valence-electron chi connectivity index (χ0n) is 11.1. The molecule has 0 aliphatic carbocycles.